The van der Waals surface area contributed by atoms with Crippen LogP contribution in [-0.4, -0.2) is 53.3 Å². The molecule has 6 heteroatoms. The number of ether oxygens (including phenoxy) is 3. The number of benzene rings is 1. The minimum Gasteiger partial charge on any atom is -0.497 e. The summed E-state index contributed by atoms with van der Waals surface area (Å²) in [5.74, 6) is -0.0142. The van der Waals surface area contributed by atoms with Gasteiger partial charge in [0.15, 0.2) is 5.79 Å². The highest BCUT2D eigenvalue weighted by atomic mass is 16.8. The van der Waals surface area contributed by atoms with Gasteiger partial charge in [-0.2, -0.15) is 5.26 Å². The maximum Gasteiger partial charge on any atom is 0.164 e. The lowest BCUT2D eigenvalue weighted by molar-refractivity contribution is -0.154. The SMILES string of the molecule is COc1ccc(CN2C[C@H](O)[C@H]3OC(C)(C)O[C@H]3[C@@]2(C)C#N)cc1. The van der Waals surface area contributed by atoms with Gasteiger partial charge in [-0.25, -0.2) is 0 Å². The van der Waals surface area contributed by atoms with Crippen LogP contribution in [0.25, 0.3) is 0 Å². The first-order chi connectivity index (χ1) is 11.3. The second kappa shape index (κ2) is 6.01. The van der Waals surface area contributed by atoms with Gasteiger partial charge < -0.3 is 19.3 Å². The molecule has 2 saturated heterocycles. The fourth-order valence-electron chi connectivity index (χ4n) is 3.52. The van der Waals surface area contributed by atoms with Gasteiger partial charge >= 0.3 is 0 Å². The van der Waals surface area contributed by atoms with Crippen molar-refractivity contribution in [3.8, 4) is 11.8 Å². The number of piperidine rings is 1. The molecule has 1 N–H and O–H groups in total. The summed E-state index contributed by atoms with van der Waals surface area (Å²) in [6, 6.07) is 10.1. The molecular weight excluding hydrogens is 308 g/mol. The number of fused-ring (bicyclic) bond motifs is 1. The summed E-state index contributed by atoms with van der Waals surface area (Å²) in [5.41, 5.74) is 0.165. The summed E-state index contributed by atoms with van der Waals surface area (Å²) < 4.78 is 17.0. The van der Waals surface area contributed by atoms with Crippen LogP contribution in [0.4, 0.5) is 0 Å². The third-order valence-corrected chi connectivity index (χ3v) is 4.89. The van der Waals surface area contributed by atoms with Crippen LogP contribution in [0.15, 0.2) is 24.3 Å². The zero-order valence-corrected chi connectivity index (χ0v) is 14.5. The zero-order chi connectivity index (χ0) is 17.5. The molecular formula is C18H24N2O4. The van der Waals surface area contributed by atoms with E-state index in [1.807, 2.05) is 49.9 Å². The van der Waals surface area contributed by atoms with Crippen molar-refractivity contribution in [2.75, 3.05) is 13.7 Å². The molecule has 0 amide bonds. The zero-order valence-electron chi connectivity index (χ0n) is 14.5. The molecule has 0 aromatic heterocycles. The fraction of sp³-hybridized carbons (Fsp3) is 0.611. The molecule has 24 heavy (non-hydrogen) atoms. The Hall–Kier alpha value is -1.65. The summed E-state index contributed by atoms with van der Waals surface area (Å²) in [4.78, 5) is 1.96. The molecule has 130 valence electrons. The monoisotopic (exact) mass is 332 g/mol. The van der Waals surface area contributed by atoms with Gasteiger partial charge in [-0.3, -0.25) is 4.90 Å². The van der Waals surface area contributed by atoms with E-state index in [9.17, 15) is 10.4 Å². The number of rotatable bonds is 3. The van der Waals surface area contributed by atoms with Gasteiger partial charge in [0.1, 0.15) is 23.5 Å². The van der Waals surface area contributed by atoms with Crippen LogP contribution in [0.1, 0.15) is 26.3 Å². The molecule has 0 unspecified atom stereocenters. The van der Waals surface area contributed by atoms with Crippen molar-refractivity contribution in [3.63, 3.8) is 0 Å². The number of β-amino-alcohol motifs (C(OH)–C–C–N with tert-alkyl or cyclic N) is 1. The Labute approximate surface area is 142 Å². The van der Waals surface area contributed by atoms with Gasteiger partial charge in [0.05, 0.1) is 19.3 Å². The van der Waals surface area contributed by atoms with Crippen LogP contribution in [0.3, 0.4) is 0 Å². The van der Waals surface area contributed by atoms with Crippen LogP contribution >= 0.6 is 0 Å². The Morgan fingerprint density at radius 3 is 2.54 bits per heavy atom. The van der Waals surface area contributed by atoms with Crippen LogP contribution in [0.2, 0.25) is 0 Å². The number of likely N-dealkylation sites (tertiary alicyclic amines) is 1. The smallest absolute Gasteiger partial charge is 0.164 e. The first kappa shape index (κ1) is 17.2. The van der Waals surface area contributed by atoms with Crippen molar-refractivity contribution >= 4 is 0 Å². The first-order valence-electron chi connectivity index (χ1n) is 8.12. The molecule has 2 fully saturated rings. The Kier molecular flexibility index (Phi) is 4.30. The molecule has 0 bridgehead atoms. The highest BCUT2D eigenvalue weighted by Crippen LogP contribution is 2.42. The Morgan fingerprint density at radius 2 is 1.96 bits per heavy atom. The van der Waals surface area contributed by atoms with Gasteiger partial charge in [0.25, 0.3) is 0 Å². The van der Waals surface area contributed by atoms with Crippen molar-refractivity contribution in [1.82, 2.24) is 4.90 Å². The van der Waals surface area contributed by atoms with Crippen molar-refractivity contribution in [2.24, 2.45) is 0 Å². The van der Waals surface area contributed by atoms with Gasteiger partial charge in [0, 0.05) is 13.1 Å². The number of methoxy groups -OCH3 is 1. The number of nitriles is 1. The Balaban J connectivity index is 1.86. The Bertz CT molecular complexity index is 639. The van der Waals surface area contributed by atoms with Gasteiger partial charge in [-0.05, 0) is 38.5 Å². The van der Waals surface area contributed by atoms with E-state index in [1.54, 1.807) is 7.11 Å². The van der Waals surface area contributed by atoms with E-state index in [2.05, 4.69) is 6.07 Å². The van der Waals surface area contributed by atoms with Crippen molar-refractivity contribution in [2.45, 2.75) is 57.0 Å². The van der Waals surface area contributed by atoms with E-state index >= 15 is 0 Å². The van der Waals surface area contributed by atoms with Crippen molar-refractivity contribution in [1.29, 1.82) is 5.26 Å². The van der Waals surface area contributed by atoms with E-state index in [4.69, 9.17) is 14.2 Å². The average Bonchev–Trinajstić information content (AvgIpc) is 2.90. The molecule has 6 nitrogen and oxygen atoms in total. The minimum absolute atomic E-state index is 0.358. The second-order valence-electron chi connectivity index (χ2n) is 7.08. The highest BCUT2D eigenvalue weighted by molar-refractivity contribution is 5.28. The summed E-state index contributed by atoms with van der Waals surface area (Å²) >= 11 is 0. The molecule has 1 aromatic rings. The standard InChI is InChI=1S/C18H24N2O4/c1-17(2)23-15-14(21)10-20(18(3,11-19)16(15)24-17)9-12-5-7-13(22-4)8-6-12/h5-8,14-16,21H,9-10H2,1-4H3/t14-,15+,16+,18+/m0/s1. The molecule has 2 heterocycles. The van der Waals surface area contributed by atoms with E-state index in [1.165, 1.54) is 0 Å². The first-order valence-corrected chi connectivity index (χ1v) is 8.12. The summed E-state index contributed by atoms with van der Waals surface area (Å²) in [6.07, 6.45) is -1.69. The van der Waals surface area contributed by atoms with E-state index in [-0.39, 0.29) is 0 Å². The quantitative estimate of drug-likeness (QED) is 0.908. The third-order valence-electron chi connectivity index (χ3n) is 4.89. The highest BCUT2D eigenvalue weighted by Gasteiger charge is 2.59. The fourth-order valence-corrected chi connectivity index (χ4v) is 3.52. The van der Waals surface area contributed by atoms with Crippen LogP contribution in [-0.2, 0) is 16.0 Å². The lowest BCUT2D eigenvalue weighted by atomic mass is 9.83. The molecule has 0 aliphatic carbocycles. The van der Waals surface area contributed by atoms with E-state index in [0.29, 0.717) is 13.1 Å². The summed E-state index contributed by atoms with van der Waals surface area (Å²) in [7, 11) is 1.63. The number of nitrogens with zero attached hydrogens (tertiary/aromatic N) is 2. The molecule has 2 aliphatic heterocycles. The van der Waals surface area contributed by atoms with Crippen LogP contribution in [0, 0.1) is 11.3 Å². The lowest BCUT2D eigenvalue weighted by Gasteiger charge is -2.47. The normalized spacial score (nSPS) is 35.2. The van der Waals surface area contributed by atoms with Gasteiger partial charge in [-0.1, -0.05) is 12.1 Å². The van der Waals surface area contributed by atoms with Crippen molar-refractivity contribution in [3.05, 3.63) is 29.8 Å². The Morgan fingerprint density at radius 1 is 1.29 bits per heavy atom. The lowest BCUT2D eigenvalue weighted by Crippen LogP contribution is -2.66. The predicted molar refractivity (Wildman–Crippen MR) is 87.3 cm³/mol. The molecule has 2 aliphatic rings. The molecule has 0 spiro atoms. The molecule has 3 rings (SSSR count). The number of aliphatic hydroxyl groups is 1. The minimum atomic E-state index is -0.877. The molecule has 0 radical (unpaired) electrons. The maximum atomic E-state index is 10.5. The molecule has 4 atom stereocenters. The molecule has 1 aromatic carbocycles. The van der Waals surface area contributed by atoms with E-state index in [0.717, 1.165) is 11.3 Å². The van der Waals surface area contributed by atoms with Crippen LogP contribution < -0.4 is 4.74 Å². The summed E-state index contributed by atoms with van der Waals surface area (Å²) in [5, 5.41) is 20.3. The molecule has 0 saturated carbocycles. The van der Waals surface area contributed by atoms with Crippen LogP contribution in [0.5, 0.6) is 5.75 Å². The second-order valence-corrected chi connectivity index (χ2v) is 7.08. The van der Waals surface area contributed by atoms with Gasteiger partial charge in [-0.15, -0.1) is 0 Å². The predicted octanol–water partition coefficient (Wildman–Crippen LogP) is 1.67. The van der Waals surface area contributed by atoms with Crippen molar-refractivity contribution < 1.29 is 19.3 Å². The van der Waals surface area contributed by atoms with Gasteiger partial charge in [0.2, 0.25) is 0 Å². The average molecular weight is 332 g/mol. The summed E-state index contributed by atoms with van der Waals surface area (Å²) in [6.45, 7) is 6.37. The number of hydrogen-bond donors (Lipinski definition) is 1. The number of aliphatic hydroxyl groups excluding tert-OH is 1. The third kappa shape index (κ3) is 2.89. The maximum absolute atomic E-state index is 10.5. The topological polar surface area (TPSA) is 75.0 Å². The van der Waals surface area contributed by atoms with E-state index < -0.39 is 29.6 Å². The largest absolute Gasteiger partial charge is 0.497 e. The number of hydrogen-bond acceptors (Lipinski definition) is 6.